The van der Waals surface area contributed by atoms with E-state index in [2.05, 4.69) is 20.8 Å². The van der Waals surface area contributed by atoms with Gasteiger partial charge in [0.25, 0.3) is 0 Å². The molecule has 0 aromatic heterocycles. The zero-order valence-electron chi connectivity index (χ0n) is 9.15. The van der Waals surface area contributed by atoms with Crippen molar-refractivity contribution in [2.75, 3.05) is 6.61 Å². The van der Waals surface area contributed by atoms with E-state index in [1.807, 2.05) is 0 Å². The number of rotatable bonds is 6. The van der Waals surface area contributed by atoms with Crippen LogP contribution in [0.2, 0.25) is 6.04 Å². The molecule has 0 saturated carbocycles. The van der Waals surface area contributed by atoms with Crippen LogP contribution in [0.15, 0.2) is 0 Å². The SMILES string of the molecule is CC(C)(C)OCCCCCC[SiH3]. The third kappa shape index (κ3) is 10.2. The molecule has 12 heavy (non-hydrogen) atoms. The molecular formula is C10H24OSi. The highest BCUT2D eigenvalue weighted by Crippen LogP contribution is 2.09. The highest BCUT2D eigenvalue weighted by atomic mass is 28.1. The molecule has 0 aromatic rings. The third-order valence-corrected chi connectivity index (χ3v) is 2.49. The molecule has 0 aliphatic carbocycles. The molecule has 0 rings (SSSR count). The summed E-state index contributed by atoms with van der Waals surface area (Å²) in [5, 5.41) is 0. The fraction of sp³-hybridized carbons (Fsp3) is 1.00. The third-order valence-electron chi connectivity index (χ3n) is 1.78. The second-order valence-corrected chi connectivity index (χ2v) is 5.38. The number of hydrogen-bond acceptors (Lipinski definition) is 1. The van der Waals surface area contributed by atoms with Gasteiger partial charge in [0.15, 0.2) is 0 Å². The fourth-order valence-corrected chi connectivity index (χ4v) is 1.58. The van der Waals surface area contributed by atoms with Crippen LogP contribution in [0, 0.1) is 0 Å². The molecule has 0 spiro atoms. The summed E-state index contributed by atoms with van der Waals surface area (Å²) in [7, 11) is 1.37. The van der Waals surface area contributed by atoms with Crippen LogP contribution < -0.4 is 0 Å². The molecule has 0 aliphatic heterocycles. The van der Waals surface area contributed by atoms with Crippen LogP contribution in [0.5, 0.6) is 0 Å². The maximum absolute atomic E-state index is 5.62. The van der Waals surface area contributed by atoms with Gasteiger partial charge in [-0.05, 0) is 27.2 Å². The highest BCUT2D eigenvalue weighted by Gasteiger charge is 2.08. The smallest absolute Gasteiger partial charge is 0.0598 e. The summed E-state index contributed by atoms with van der Waals surface area (Å²) in [6, 6.07) is 1.46. The Morgan fingerprint density at radius 1 is 1.00 bits per heavy atom. The van der Waals surface area contributed by atoms with Gasteiger partial charge in [-0.1, -0.05) is 25.3 Å². The summed E-state index contributed by atoms with van der Waals surface area (Å²) in [6.45, 7) is 7.28. The first-order chi connectivity index (χ1) is 5.56. The van der Waals surface area contributed by atoms with Gasteiger partial charge in [0.2, 0.25) is 0 Å². The van der Waals surface area contributed by atoms with E-state index in [1.54, 1.807) is 0 Å². The van der Waals surface area contributed by atoms with Crippen LogP contribution in [-0.4, -0.2) is 22.5 Å². The van der Waals surface area contributed by atoms with Crippen molar-refractivity contribution in [1.29, 1.82) is 0 Å². The second-order valence-electron chi connectivity index (χ2n) is 4.38. The maximum atomic E-state index is 5.62. The van der Waals surface area contributed by atoms with Crippen LogP contribution in [0.3, 0.4) is 0 Å². The Kier molecular flexibility index (Phi) is 6.77. The fourth-order valence-electron chi connectivity index (χ4n) is 1.08. The monoisotopic (exact) mass is 188 g/mol. The van der Waals surface area contributed by atoms with Gasteiger partial charge < -0.3 is 4.74 Å². The molecule has 0 amide bonds. The van der Waals surface area contributed by atoms with Crippen molar-refractivity contribution in [3.63, 3.8) is 0 Å². The predicted molar refractivity (Wildman–Crippen MR) is 58.9 cm³/mol. The molecular weight excluding hydrogens is 164 g/mol. The van der Waals surface area contributed by atoms with E-state index in [0.29, 0.717) is 0 Å². The van der Waals surface area contributed by atoms with Crippen LogP contribution in [0.25, 0.3) is 0 Å². The molecule has 0 N–H and O–H groups in total. The van der Waals surface area contributed by atoms with Gasteiger partial charge in [-0.2, -0.15) is 0 Å². The van der Waals surface area contributed by atoms with E-state index in [1.165, 1.54) is 42.0 Å². The van der Waals surface area contributed by atoms with E-state index < -0.39 is 0 Å². The summed E-state index contributed by atoms with van der Waals surface area (Å²) >= 11 is 0. The Bertz CT molecular complexity index is 96.5. The topological polar surface area (TPSA) is 9.23 Å². The van der Waals surface area contributed by atoms with Gasteiger partial charge in [-0.25, -0.2) is 0 Å². The summed E-state index contributed by atoms with van der Waals surface area (Å²) < 4.78 is 5.62. The van der Waals surface area contributed by atoms with Crippen molar-refractivity contribution in [2.45, 2.75) is 58.1 Å². The van der Waals surface area contributed by atoms with Gasteiger partial charge >= 0.3 is 0 Å². The van der Waals surface area contributed by atoms with E-state index >= 15 is 0 Å². The molecule has 0 atom stereocenters. The number of unbranched alkanes of at least 4 members (excludes halogenated alkanes) is 3. The average molecular weight is 188 g/mol. The highest BCUT2D eigenvalue weighted by molar-refractivity contribution is 6.08. The lowest BCUT2D eigenvalue weighted by molar-refractivity contribution is -0.00471. The number of hydrogen-bond donors (Lipinski definition) is 0. The van der Waals surface area contributed by atoms with Crippen LogP contribution in [0.4, 0.5) is 0 Å². The molecule has 0 radical (unpaired) electrons. The summed E-state index contributed by atoms with van der Waals surface area (Å²) in [4.78, 5) is 0. The molecule has 74 valence electrons. The lowest BCUT2D eigenvalue weighted by Crippen LogP contribution is -2.19. The summed E-state index contributed by atoms with van der Waals surface area (Å²) in [5.41, 5.74) is 0.0532. The second kappa shape index (κ2) is 6.67. The summed E-state index contributed by atoms with van der Waals surface area (Å²) in [5.74, 6) is 0. The molecule has 0 heterocycles. The molecule has 0 fully saturated rings. The van der Waals surface area contributed by atoms with Crippen molar-refractivity contribution in [3.05, 3.63) is 0 Å². The van der Waals surface area contributed by atoms with Crippen LogP contribution in [-0.2, 0) is 4.74 Å². The molecule has 0 aromatic carbocycles. The van der Waals surface area contributed by atoms with Crippen LogP contribution >= 0.6 is 0 Å². The van der Waals surface area contributed by atoms with Crippen molar-refractivity contribution in [1.82, 2.24) is 0 Å². The van der Waals surface area contributed by atoms with Gasteiger partial charge in [0.1, 0.15) is 0 Å². The van der Waals surface area contributed by atoms with Gasteiger partial charge in [-0.15, -0.1) is 0 Å². The molecule has 0 aliphatic rings. The van der Waals surface area contributed by atoms with Crippen molar-refractivity contribution >= 4 is 10.2 Å². The lowest BCUT2D eigenvalue weighted by atomic mass is 10.2. The van der Waals surface area contributed by atoms with E-state index in [4.69, 9.17) is 4.74 Å². The van der Waals surface area contributed by atoms with Crippen molar-refractivity contribution < 1.29 is 4.74 Å². The quantitative estimate of drug-likeness (QED) is 0.458. The molecule has 2 heteroatoms. The number of ether oxygens (including phenoxy) is 1. The Hall–Kier alpha value is 0.177. The zero-order chi connectivity index (χ0) is 9.45. The van der Waals surface area contributed by atoms with Crippen molar-refractivity contribution in [3.8, 4) is 0 Å². The maximum Gasteiger partial charge on any atom is 0.0598 e. The Morgan fingerprint density at radius 2 is 1.58 bits per heavy atom. The Labute approximate surface area is 80.3 Å². The average Bonchev–Trinajstić information content (AvgIpc) is 1.94. The Morgan fingerprint density at radius 3 is 2.08 bits per heavy atom. The summed E-state index contributed by atoms with van der Waals surface area (Å²) in [6.07, 6.45) is 5.41. The van der Waals surface area contributed by atoms with Gasteiger partial charge in [0.05, 0.1) is 5.60 Å². The van der Waals surface area contributed by atoms with Gasteiger partial charge in [0, 0.05) is 16.8 Å². The lowest BCUT2D eigenvalue weighted by Gasteiger charge is -2.19. The molecule has 0 unspecified atom stereocenters. The largest absolute Gasteiger partial charge is 0.376 e. The molecule has 0 bridgehead atoms. The standard InChI is InChI=1S/C10H24OSi/c1-10(2,3)11-8-6-4-5-7-9-12/h4-9H2,1-3,12H3. The first kappa shape index (κ1) is 12.2. The minimum Gasteiger partial charge on any atom is -0.376 e. The van der Waals surface area contributed by atoms with Crippen molar-refractivity contribution in [2.24, 2.45) is 0 Å². The molecule has 1 nitrogen and oxygen atoms in total. The van der Waals surface area contributed by atoms with E-state index in [-0.39, 0.29) is 5.60 Å². The molecule has 0 saturated heterocycles. The van der Waals surface area contributed by atoms with Crippen LogP contribution in [0.1, 0.15) is 46.5 Å². The minimum atomic E-state index is 0.0532. The normalized spacial score (nSPS) is 12.2. The minimum absolute atomic E-state index is 0.0532. The van der Waals surface area contributed by atoms with E-state index in [0.717, 1.165) is 6.61 Å². The first-order valence-electron chi connectivity index (χ1n) is 5.20. The van der Waals surface area contributed by atoms with Gasteiger partial charge in [-0.3, -0.25) is 0 Å². The van der Waals surface area contributed by atoms with E-state index in [9.17, 15) is 0 Å². The predicted octanol–water partition coefficient (Wildman–Crippen LogP) is 2.15. The zero-order valence-corrected chi connectivity index (χ0v) is 11.2. The Balaban J connectivity index is 3.01. The first-order valence-corrected chi connectivity index (χ1v) is 6.61.